The zero-order valence-corrected chi connectivity index (χ0v) is 18.5. The van der Waals surface area contributed by atoms with E-state index in [4.69, 9.17) is 9.57 Å². The summed E-state index contributed by atoms with van der Waals surface area (Å²) < 4.78 is 18.0. The van der Waals surface area contributed by atoms with Crippen LogP contribution in [-0.2, 0) is 24.0 Å². The molecule has 1 aromatic carbocycles. The number of pyridine rings is 1. The van der Waals surface area contributed by atoms with Crippen LogP contribution in [0.4, 0.5) is 4.39 Å². The van der Waals surface area contributed by atoms with Crippen molar-refractivity contribution in [2.24, 2.45) is 17.0 Å². The third-order valence-electron chi connectivity index (χ3n) is 5.84. The van der Waals surface area contributed by atoms with E-state index in [9.17, 15) is 18.8 Å². The first-order valence-electron chi connectivity index (χ1n) is 10.7. The number of fused-ring (bicyclic) bond motifs is 1. The molecule has 2 heterocycles. The average Bonchev–Trinajstić information content (AvgIpc) is 3.24. The molecule has 8 heteroatoms. The van der Waals surface area contributed by atoms with Crippen LogP contribution in [0.5, 0.6) is 0 Å². The van der Waals surface area contributed by atoms with Gasteiger partial charge in [0.05, 0.1) is 18.7 Å². The largest absolute Gasteiger partial charge is 0.466 e. The smallest absolute Gasteiger partial charge is 0.306 e. The molecule has 7 nitrogen and oxygen atoms in total. The summed E-state index contributed by atoms with van der Waals surface area (Å²) in [5.74, 6) is -3.24. The molecule has 0 bridgehead atoms. The predicted molar refractivity (Wildman–Crippen MR) is 117 cm³/mol. The van der Waals surface area contributed by atoms with Crippen LogP contribution in [0.3, 0.4) is 0 Å². The molecule has 170 valence electrons. The molecule has 0 amide bonds. The van der Waals surface area contributed by atoms with Crippen LogP contribution in [0.25, 0.3) is 10.8 Å². The van der Waals surface area contributed by atoms with Crippen LogP contribution in [0.15, 0.2) is 41.7 Å². The summed E-state index contributed by atoms with van der Waals surface area (Å²) >= 11 is 0. The Kier molecular flexibility index (Phi) is 7.33. The molecular weight excluding hydrogens is 415 g/mol. The van der Waals surface area contributed by atoms with Gasteiger partial charge in [0.15, 0.2) is 11.6 Å². The number of hydrogen-bond donors (Lipinski definition) is 0. The van der Waals surface area contributed by atoms with E-state index in [-0.39, 0.29) is 31.8 Å². The van der Waals surface area contributed by atoms with E-state index in [1.165, 1.54) is 0 Å². The Hall–Kier alpha value is -3.16. The van der Waals surface area contributed by atoms with Gasteiger partial charge < -0.3 is 9.57 Å². The number of alkyl halides is 1. The summed E-state index contributed by atoms with van der Waals surface area (Å²) in [6.07, 6.45) is 1.16. The Morgan fingerprint density at radius 1 is 1.19 bits per heavy atom. The Balaban J connectivity index is 1.85. The molecule has 1 aliphatic heterocycles. The average molecular weight is 442 g/mol. The lowest BCUT2D eigenvalue weighted by Crippen LogP contribution is -2.45. The molecular formula is C24H27FN2O5. The van der Waals surface area contributed by atoms with Crippen molar-refractivity contribution < 1.29 is 28.3 Å². The van der Waals surface area contributed by atoms with Crippen LogP contribution >= 0.6 is 0 Å². The van der Waals surface area contributed by atoms with E-state index in [1.807, 2.05) is 44.2 Å². The van der Waals surface area contributed by atoms with Gasteiger partial charge in [-0.05, 0) is 18.4 Å². The lowest BCUT2D eigenvalue weighted by Gasteiger charge is -2.30. The van der Waals surface area contributed by atoms with Gasteiger partial charge in [-0.2, -0.15) is 0 Å². The van der Waals surface area contributed by atoms with Crippen LogP contribution in [0, 0.1) is 11.8 Å². The number of Topliss-reactive ketones (excluding diaryl/α,β-unsaturated/α-hetero) is 2. The zero-order valence-electron chi connectivity index (χ0n) is 18.5. The highest BCUT2D eigenvalue weighted by atomic mass is 19.1. The fraction of sp³-hybridized carbons (Fsp3) is 0.458. The lowest BCUT2D eigenvalue weighted by molar-refractivity contribution is -0.152. The normalized spacial score (nSPS) is 18.8. The van der Waals surface area contributed by atoms with Gasteiger partial charge in [0, 0.05) is 36.3 Å². The summed E-state index contributed by atoms with van der Waals surface area (Å²) in [7, 11) is 0. The monoisotopic (exact) mass is 442 g/mol. The number of rotatable bonds is 10. The molecule has 0 radical (unpaired) electrons. The van der Waals surface area contributed by atoms with E-state index in [0.29, 0.717) is 11.4 Å². The molecule has 1 aromatic heterocycles. The third kappa shape index (κ3) is 4.69. The zero-order chi connectivity index (χ0) is 23.3. The summed E-state index contributed by atoms with van der Waals surface area (Å²) in [6, 6.07) is 9.59. The first kappa shape index (κ1) is 23.5. The molecule has 2 atom stereocenters. The number of carbonyl (C=O) groups excluding carboxylic acids is 3. The highest BCUT2D eigenvalue weighted by Crippen LogP contribution is 2.37. The highest BCUT2D eigenvalue weighted by Gasteiger charge is 2.50. The molecule has 3 rings (SSSR count). The number of oxime groups is 1. The molecule has 0 saturated heterocycles. The summed E-state index contributed by atoms with van der Waals surface area (Å²) in [6.45, 7) is 4.16. The molecule has 32 heavy (non-hydrogen) atoms. The topological polar surface area (TPSA) is 94.9 Å². The van der Waals surface area contributed by atoms with Crippen molar-refractivity contribution in [3.8, 4) is 0 Å². The van der Waals surface area contributed by atoms with E-state index < -0.39 is 35.7 Å². The van der Waals surface area contributed by atoms with Crippen molar-refractivity contribution in [3.63, 3.8) is 0 Å². The van der Waals surface area contributed by atoms with Crippen LogP contribution in [-0.4, -0.2) is 47.1 Å². The number of ketones is 2. The maximum absolute atomic E-state index is 13.4. The number of hydrogen-bond acceptors (Lipinski definition) is 7. The Morgan fingerprint density at radius 2 is 1.94 bits per heavy atom. The van der Waals surface area contributed by atoms with Crippen LogP contribution in [0.1, 0.15) is 45.7 Å². The quantitative estimate of drug-likeness (QED) is 0.519. The van der Waals surface area contributed by atoms with Gasteiger partial charge in [-0.1, -0.05) is 43.3 Å². The molecule has 2 aromatic rings. The van der Waals surface area contributed by atoms with Crippen molar-refractivity contribution in [2.45, 2.75) is 45.6 Å². The fourth-order valence-electron chi connectivity index (χ4n) is 3.93. The molecule has 0 unspecified atom stereocenters. The van der Waals surface area contributed by atoms with Crippen molar-refractivity contribution in [3.05, 3.63) is 42.2 Å². The molecule has 0 fully saturated rings. The van der Waals surface area contributed by atoms with E-state index in [0.717, 1.165) is 10.8 Å². The number of nitrogens with zero attached hydrogens (tertiary/aromatic N) is 2. The minimum atomic E-state index is -1.32. The van der Waals surface area contributed by atoms with Crippen molar-refractivity contribution >= 4 is 34.0 Å². The van der Waals surface area contributed by atoms with Gasteiger partial charge in [-0.15, -0.1) is 0 Å². The maximum Gasteiger partial charge on any atom is 0.306 e. The van der Waals surface area contributed by atoms with Gasteiger partial charge in [0.25, 0.3) is 0 Å². The summed E-state index contributed by atoms with van der Waals surface area (Å²) in [5, 5.41) is 6.07. The second kappa shape index (κ2) is 9.97. The van der Waals surface area contributed by atoms with Crippen LogP contribution in [0.2, 0.25) is 0 Å². The molecule has 0 N–H and O–H groups in total. The highest BCUT2D eigenvalue weighted by molar-refractivity contribution is 6.12. The molecule has 0 aliphatic carbocycles. The van der Waals surface area contributed by atoms with Gasteiger partial charge in [0.2, 0.25) is 5.60 Å². The Morgan fingerprint density at radius 3 is 2.62 bits per heavy atom. The second-order valence-electron chi connectivity index (χ2n) is 8.16. The van der Waals surface area contributed by atoms with E-state index in [2.05, 4.69) is 10.1 Å². The first-order chi connectivity index (χ1) is 15.3. The second-order valence-corrected chi connectivity index (χ2v) is 8.16. The first-order valence-corrected chi connectivity index (χ1v) is 10.7. The molecule has 1 aliphatic rings. The van der Waals surface area contributed by atoms with Crippen molar-refractivity contribution in [1.29, 1.82) is 0 Å². The fourth-order valence-corrected chi connectivity index (χ4v) is 3.93. The van der Waals surface area contributed by atoms with E-state index >= 15 is 0 Å². The number of ether oxygens (including phenoxy) is 1. The van der Waals surface area contributed by atoms with Crippen molar-refractivity contribution in [2.75, 3.05) is 13.3 Å². The number of esters is 1. The Labute approximate surface area is 186 Å². The van der Waals surface area contributed by atoms with Gasteiger partial charge >= 0.3 is 5.97 Å². The summed E-state index contributed by atoms with van der Waals surface area (Å²) in [5.41, 5.74) is -0.166. The summed E-state index contributed by atoms with van der Waals surface area (Å²) in [4.78, 5) is 47.5. The lowest BCUT2D eigenvalue weighted by atomic mass is 9.77. The van der Waals surface area contributed by atoms with Gasteiger partial charge in [-0.3, -0.25) is 19.4 Å². The van der Waals surface area contributed by atoms with Gasteiger partial charge in [0.1, 0.15) is 12.4 Å². The van der Waals surface area contributed by atoms with Crippen molar-refractivity contribution in [1.82, 2.24) is 4.98 Å². The number of halogens is 1. The Bertz CT molecular complexity index is 1050. The predicted octanol–water partition coefficient (Wildman–Crippen LogP) is 3.82. The standard InChI is InChI=1S/C24H27FN2O5/c1-4-31-22(30)12-17(20(28)14-25)11-21(29)24(15(2)3)13-19(27-32-24)23-18-8-6-5-7-16(18)9-10-26-23/h5-10,15,17H,4,11-14H2,1-3H3/t17-,24+/m0/s1. The minimum absolute atomic E-state index is 0.136. The molecule has 0 saturated carbocycles. The maximum atomic E-state index is 13.4. The van der Waals surface area contributed by atoms with Gasteiger partial charge in [-0.25, -0.2) is 4.39 Å². The SMILES string of the molecule is CCOC(=O)C[C@H](CC(=O)[C@]1(C(C)C)CC(c2nccc3ccccc23)=NO1)C(=O)CF. The number of benzene rings is 1. The number of aromatic nitrogens is 1. The third-order valence-corrected chi connectivity index (χ3v) is 5.84. The minimum Gasteiger partial charge on any atom is -0.466 e. The van der Waals surface area contributed by atoms with Crippen LogP contribution < -0.4 is 0 Å². The van der Waals surface area contributed by atoms with E-state index in [1.54, 1.807) is 13.1 Å². The number of carbonyl (C=O) groups is 3. The molecule has 0 spiro atoms.